The lowest BCUT2D eigenvalue weighted by atomic mass is 10.2. The van der Waals surface area contributed by atoms with Gasteiger partial charge >= 0.3 is 0 Å². The van der Waals surface area contributed by atoms with Crippen molar-refractivity contribution in [3.63, 3.8) is 0 Å². The fourth-order valence-corrected chi connectivity index (χ4v) is 2.13. The van der Waals surface area contributed by atoms with Gasteiger partial charge in [-0.05, 0) is 28.1 Å². The summed E-state index contributed by atoms with van der Waals surface area (Å²) in [6.07, 6.45) is -0.338. The highest BCUT2D eigenvalue weighted by atomic mass is 79.9. The van der Waals surface area contributed by atoms with Crippen LogP contribution in [0.1, 0.15) is 11.9 Å². The summed E-state index contributed by atoms with van der Waals surface area (Å²) >= 11 is 3.44. The first-order valence-corrected chi connectivity index (χ1v) is 5.81. The minimum absolute atomic E-state index is 0.338. The Labute approximate surface area is 102 Å². The van der Waals surface area contributed by atoms with Crippen LogP contribution in [-0.2, 0) is 0 Å². The molecule has 0 bridgehead atoms. The minimum Gasteiger partial charge on any atom is -0.447 e. The average molecular weight is 277 g/mol. The normalized spacial score (nSPS) is 17.4. The van der Waals surface area contributed by atoms with Crippen LogP contribution in [0.25, 0.3) is 0 Å². The van der Waals surface area contributed by atoms with Crippen molar-refractivity contribution >= 4 is 15.9 Å². The Bertz CT molecular complexity index is 511. The number of hydrogen-bond acceptors (Lipinski definition) is 2. The van der Waals surface area contributed by atoms with E-state index in [2.05, 4.69) is 15.9 Å². The van der Waals surface area contributed by atoms with Crippen LogP contribution in [0.5, 0.6) is 11.5 Å². The van der Waals surface area contributed by atoms with Gasteiger partial charge in [-0.2, -0.15) is 0 Å². The molecule has 1 aliphatic rings. The second kappa shape index (κ2) is 3.83. The van der Waals surface area contributed by atoms with Crippen LogP contribution in [0.4, 0.5) is 0 Å². The van der Waals surface area contributed by atoms with E-state index in [1.807, 2.05) is 48.5 Å². The monoisotopic (exact) mass is 276 g/mol. The van der Waals surface area contributed by atoms with Crippen LogP contribution >= 0.6 is 15.9 Å². The smallest absolute Gasteiger partial charge is 0.268 e. The first kappa shape index (κ1) is 9.73. The molecule has 0 saturated heterocycles. The van der Waals surface area contributed by atoms with Gasteiger partial charge < -0.3 is 9.47 Å². The molecule has 0 saturated carbocycles. The molecule has 2 nitrogen and oxygen atoms in total. The largest absolute Gasteiger partial charge is 0.447 e. The lowest BCUT2D eigenvalue weighted by Crippen LogP contribution is -2.07. The summed E-state index contributed by atoms with van der Waals surface area (Å²) in [5, 5.41) is 0. The summed E-state index contributed by atoms with van der Waals surface area (Å²) in [5.74, 6) is 1.56. The summed E-state index contributed by atoms with van der Waals surface area (Å²) in [4.78, 5) is 0. The Morgan fingerprint density at radius 1 is 0.875 bits per heavy atom. The first-order valence-electron chi connectivity index (χ1n) is 5.01. The van der Waals surface area contributed by atoms with E-state index in [1.54, 1.807) is 0 Å². The zero-order valence-corrected chi connectivity index (χ0v) is 9.98. The molecule has 1 unspecified atom stereocenters. The molecule has 1 aliphatic heterocycles. The molecule has 0 fully saturated rings. The number of ether oxygens (including phenoxy) is 2. The Kier molecular flexibility index (Phi) is 2.33. The number of rotatable bonds is 1. The second-order valence-corrected chi connectivity index (χ2v) is 4.40. The highest BCUT2D eigenvalue weighted by Crippen LogP contribution is 2.44. The third kappa shape index (κ3) is 1.57. The summed E-state index contributed by atoms with van der Waals surface area (Å²) in [6, 6.07) is 15.7. The number of halogens is 1. The SMILES string of the molecule is Brc1cccc2c1OC(c1ccccc1)O2. The van der Waals surface area contributed by atoms with E-state index in [0.29, 0.717) is 0 Å². The Balaban J connectivity index is 1.94. The highest BCUT2D eigenvalue weighted by Gasteiger charge is 2.26. The molecule has 0 radical (unpaired) electrons. The van der Waals surface area contributed by atoms with Gasteiger partial charge in [0.2, 0.25) is 0 Å². The number of benzene rings is 2. The van der Waals surface area contributed by atoms with Gasteiger partial charge in [-0.25, -0.2) is 0 Å². The Morgan fingerprint density at radius 2 is 1.69 bits per heavy atom. The van der Waals surface area contributed by atoms with Crippen LogP contribution in [0.3, 0.4) is 0 Å². The van der Waals surface area contributed by atoms with Gasteiger partial charge in [-0.3, -0.25) is 0 Å². The van der Waals surface area contributed by atoms with Crippen LogP contribution in [0, 0.1) is 0 Å². The van der Waals surface area contributed by atoms with Crippen molar-refractivity contribution in [3.8, 4) is 11.5 Å². The molecule has 0 aliphatic carbocycles. The number of hydrogen-bond donors (Lipinski definition) is 0. The van der Waals surface area contributed by atoms with Gasteiger partial charge in [0.05, 0.1) is 4.47 Å². The van der Waals surface area contributed by atoms with E-state index < -0.39 is 0 Å². The molecule has 2 aromatic rings. The zero-order valence-electron chi connectivity index (χ0n) is 8.39. The minimum atomic E-state index is -0.338. The molecule has 0 aromatic heterocycles. The van der Waals surface area contributed by atoms with Crippen molar-refractivity contribution in [1.29, 1.82) is 0 Å². The van der Waals surface area contributed by atoms with Gasteiger partial charge in [-0.15, -0.1) is 0 Å². The maximum atomic E-state index is 5.75. The van der Waals surface area contributed by atoms with Crippen molar-refractivity contribution in [2.24, 2.45) is 0 Å². The molecule has 1 heterocycles. The number of fused-ring (bicyclic) bond motifs is 1. The fraction of sp³-hybridized carbons (Fsp3) is 0.0769. The van der Waals surface area contributed by atoms with Crippen LogP contribution in [-0.4, -0.2) is 0 Å². The molecular weight excluding hydrogens is 268 g/mol. The van der Waals surface area contributed by atoms with E-state index in [4.69, 9.17) is 9.47 Å². The molecule has 2 aromatic carbocycles. The predicted molar refractivity (Wildman–Crippen MR) is 64.6 cm³/mol. The van der Waals surface area contributed by atoms with Gasteiger partial charge in [0, 0.05) is 5.56 Å². The lowest BCUT2D eigenvalue weighted by Gasteiger charge is -2.09. The van der Waals surface area contributed by atoms with E-state index in [1.165, 1.54) is 0 Å². The van der Waals surface area contributed by atoms with Crippen LogP contribution < -0.4 is 9.47 Å². The topological polar surface area (TPSA) is 18.5 Å². The highest BCUT2D eigenvalue weighted by molar-refractivity contribution is 9.10. The Hall–Kier alpha value is -1.48. The van der Waals surface area contributed by atoms with Gasteiger partial charge in [-0.1, -0.05) is 36.4 Å². The quantitative estimate of drug-likeness (QED) is 0.786. The van der Waals surface area contributed by atoms with E-state index in [9.17, 15) is 0 Å². The first-order chi connectivity index (χ1) is 7.84. The van der Waals surface area contributed by atoms with E-state index in [-0.39, 0.29) is 6.29 Å². The standard InChI is InChI=1S/C13H9BrO2/c14-10-7-4-8-11-12(10)16-13(15-11)9-5-2-1-3-6-9/h1-8,13H. The van der Waals surface area contributed by atoms with Crippen molar-refractivity contribution in [2.75, 3.05) is 0 Å². The summed E-state index contributed by atoms with van der Waals surface area (Å²) in [5.41, 5.74) is 1.02. The van der Waals surface area contributed by atoms with Gasteiger partial charge in [0.15, 0.2) is 11.5 Å². The molecule has 16 heavy (non-hydrogen) atoms. The van der Waals surface area contributed by atoms with Gasteiger partial charge in [0.25, 0.3) is 6.29 Å². The molecule has 0 N–H and O–H groups in total. The van der Waals surface area contributed by atoms with Crippen LogP contribution in [0.2, 0.25) is 0 Å². The molecule has 0 amide bonds. The third-order valence-corrected chi connectivity index (χ3v) is 3.09. The van der Waals surface area contributed by atoms with Crippen molar-refractivity contribution in [3.05, 3.63) is 58.6 Å². The maximum Gasteiger partial charge on any atom is 0.268 e. The maximum absolute atomic E-state index is 5.75. The summed E-state index contributed by atoms with van der Waals surface area (Å²) in [6.45, 7) is 0. The third-order valence-electron chi connectivity index (χ3n) is 2.46. The van der Waals surface area contributed by atoms with Crippen molar-refractivity contribution < 1.29 is 9.47 Å². The predicted octanol–water partition coefficient (Wildman–Crippen LogP) is 3.92. The molecule has 1 atom stereocenters. The lowest BCUT2D eigenvalue weighted by molar-refractivity contribution is 0.0483. The fourth-order valence-electron chi connectivity index (χ4n) is 1.69. The van der Waals surface area contributed by atoms with E-state index >= 15 is 0 Å². The van der Waals surface area contributed by atoms with Crippen molar-refractivity contribution in [1.82, 2.24) is 0 Å². The molecule has 0 spiro atoms. The van der Waals surface area contributed by atoms with E-state index in [0.717, 1.165) is 21.5 Å². The molecule has 3 rings (SSSR count). The molecule has 80 valence electrons. The number of para-hydroxylation sites is 1. The Morgan fingerprint density at radius 3 is 2.44 bits per heavy atom. The van der Waals surface area contributed by atoms with Gasteiger partial charge in [0.1, 0.15) is 0 Å². The average Bonchev–Trinajstić information content (AvgIpc) is 2.76. The second-order valence-electron chi connectivity index (χ2n) is 3.55. The van der Waals surface area contributed by atoms with Crippen LogP contribution in [0.15, 0.2) is 53.0 Å². The molecule has 3 heteroatoms. The zero-order chi connectivity index (χ0) is 11.0. The van der Waals surface area contributed by atoms with Crippen molar-refractivity contribution in [2.45, 2.75) is 6.29 Å². The summed E-state index contributed by atoms with van der Waals surface area (Å²) < 4.78 is 12.4. The summed E-state index contributed by atoms with van der Waals surface area (Å²) in [7, 11) is 0. The molecular formula is C13H9BrO2.